The molecule has 3 heterocycles. The van der Waals surface area contributed by atoms with Crippen LogP contribution >= 0.6 is 11.3 Å². The number of fused-ring (bicyclic) bond motifs is 1. The van der Waals surface area contributed by atoms with E-state index in [1.165, 1.54) is 24.3 Å². The third kappa shape index (κ3) is 4.64. The number of nitrogens with zero attached hydrogens (tertiary/aromatic N) is 2. The Morgan fingerprint density at radius 2 is 2.03 bits per heavy atom. The van der Waals surface area contributed by atoms with Gasteiger partial charge in [-0.2, -0.15) is 0 Å². The Morgan fingerprint density at radius 3 is 2.74 bits per heavy atom. The molecule has 158 valence electrons. The normalized spacial score (nSPS) is 10.7. The summed E-state index contributed by atoms with van der Waals surface area (Å²) in [7, 11) is 0. The number of hydrogen-bond acceptors (Lipinski definition) is 7. The van der Waals surface area contributed by atoms with Crippen molar-refractivity contribution in [3.63, 3.8) is 0 Å². The number of phenols is 1. The van der Waals surface area contributed by atoms with Gasteiger partial charge in [0.15, 0.2) is 0 Å². The van der Waals surface area contributed by atoms with E-state index in [4.69, 9.17) is 0 Å². The predicted octanol–water partition coefficient (Wildman–Crippen LogP) is 3.19. The van der Waals surface area contributed by atoms with Crippen molar-refractivity contribution in [2.75, 3.05) is 23.7 Å². The summed E-state index contributed by atoms with van der Waals surface area (Å²) in [6, 6.07) is 10.4. The zero-order valence-electron chi connectivity index (χ0n) is 16.6. The molecular weight excluding hydrogens is 416 g/mol. The van der Waals surface area contributed by atoms with Crippen LogP contribution in [0, 0.1) is 0 Å². The Kier molecular flexibility index (Phi) is 5.80. The maximum atomic E-state index is 12.7. The molecule has 0 unspecified atom stereocenters. The first-order valence-corrected chi connectivity index (χ1v) is 10.4. The molecule has 0 bridgehead atoms. The summed E-state index contributed by atoms with van der Waals surface area (Å²) in [4.78, 5) is 36.5. The molecule has 0 aliphatic heterocycles. The van der Waals surface area contributed by atoms with Crippen LogP contribution in [0.15, 0.2) is 48.0 Å². The van der Waals surface area contributed by atoms with Gasteiger partial charge in [-0.3, -0.25) is 9.59 Å². The fourth-order valence-electron chi connectivity index (χ4n) is 3.03. The number of carbonyl (C=O) groups excluding carboxylic acids is 2. The summed E-state index contributed by atoms with van der Waals surface area (Å²) in [5.74, 6) is 0.828. The van der Waals surface area contributed by atoms with Crippen LogP contribution in [0.5, 0.6) is 5.75 Å². The van der Waals surface area contributed by atoms with Gasteiger partial charge in [0.1, 0.15) is 28.4 Å². The van der Waals surface area contributed by atoms with Crippen LogP contribution in [0.3, 0.4) is 0 Å². The molecule has 3 aromatic heterocycles. The van der Waals surface area contributed by atoms with Gasteiger partial charge in [0.25, 0.3) is 5.91 Å². The number of aromatic nitrogens is 3. The van der Waals surface area contributed by atoms with Gasteiger partial charge in [-0.1, -0.05) is 6.07 Å². The number of pyridine rings is 1. The van der Waals surface area contributed by atoms with Crippen LogP contribution in [0.25, 0.3) is 21.7 Å². The first-order valence-electron chi connectivity index (χ1n) is 9.52. The van der Waals surface area contributed by atoms with Crippen molar-refractivity contribution < 1.29 is 14.7 Å². The average molecular weight is 436 g/mol. The van der Waals surface area contributed by atoms with Crippen molar-refractivity contribution in [3.8, 4) is 16.5 Å². The van der Waals surface area contributed by atoms with Crippen LogP contribution in [0.4, 0.5) is 11.5 Å². The molecule has 0 aliphatic rings. The molecule has 4 rings (SSSR count). The molecule has 0 atom stereocenters. The summed E-state index contributed by atoms with van der Waals surface area (Å²) >= 11 is 1.52. The van der Waals surface area contributed by atoms with Crippen molar-refractivity contribution in [2.45, 2.75) is 6.92 Å². The summed E-state index contributed by atoms with van der Waals surface area (Å²) in [5, 5.41) is 20.7. The Bertz CT molecular complexity index is 1220. The van der Waals surface area contributed by atoms with Gasteiger partial charge in [-0.05, 0) is 35.7 Å². The number of imidazole rings is 1. The van der Waals surface area contributed by atoms with E-state index in [2.05, 4.69) is 30.9 Å². The minimum atomic E-state index is -0.287. The van der Waals surface area contributed by atoms with Crippen molar-refractivity contribution in [1.29, 1.82) is 0 Å². The van der Waals surface area contributed by atoms with Gasteiger partial charge in [-0.25, -0.2) is 9.97 Å². The number of benzene rings is 1. The van der Waals surface area contributed by atoms with Crippen molar-refractivity contribution in [2.24, 2.45) is 0 Å². The van der Waals surface area contributed by atoms with E-state index in [1.807, 2.05) is 17.5 Å². The third-order valence-corrected chi connectivity index (χ3v) is 5.30. The number of anilines is 2. The van der Waals surface area contributed by atoms with Gasteiger partial charge in [0, 0.05) is 20.0 Å². The SMILES string of the molecule is CC(=O)Nc1ccc(NCCNC(=O)c2ccc(O)c3[nH]c(-c4cccs4)nc23)nc1. The Balaban J connectivity index is 1.38. The molecule has 0 aliphatic carbocycles. The number of carbonyl (C=O) groups is 2. The number of phenolic OH excluding ortho intramolecular Hbond substituents is 1. The maximum Gasteiger partial charge on any atom is 0.253 e. The first-order chi connectivity index (χ1) is 15.0. The lowest BCUT2D eigenvalue weighted by Crippen LogP contribution is -2.29. The van der Waals surface area contributed by atoms with E-state index in [9.17, 15) is 14.7 Å². The highest BCUT2D eigenvalue weighted by molar-refractivity contribution is 7.13. The molecule has 0 radical (unpaired) electrons. The van der Waals surface area contributed by atoms with Crippen LogP contribution < -0.4 is 16.0 Å². The second kappa shape index (κ2) is 8.84. The third-order valence-electron chi connectivity index (χ3n) is 4.42. The molecule has 0 saturated carbocycles. The van der Waals surface area contributed by atoms with Crippen LogP contribution in [-0.2, 0) is 4.79 Å². The van der Waals surface area contributed by atoms with Crippen LogP contribution in [0.2, 0.25) is 0 Å². The minimum Gasteiger partial charge on any atom is -0.506 e. The topological polar surface area (TPSA) is 132 Å². The number of hydrogen-bond donors (Lipinski definition) is 5. The zero-order chi connectivity index (χ0) is 21.8. The number of rotatable bonds is 7. The quantitative estimate of drug-likeness (QED) is 0.283. The number of nitrogens with one attached hydrogen (secondary N) is 4. The fourth-order valence-corrected chi connectivity index (χ4v) is 3.70. The van der Waals surface area contributed by atoms with Crippen molar-refractivity contribution >= 4 is 45.7 Å². The van der Waals surface area contributed by atoms with Gasteiger partial charge < -0.3 is 26.0 Å². The van der Waals surface area contributed by atoms with Gasteiger partial charge in [0.05, 0.1) is 22.3 Å². The average Bonchev–Trinajstić information content (AvgIpc) is 3.42. The van der Waals surface area contributed by atoms with Gasteiger partial charge >= 0.3 is 0 Å². The highest BCUT2D eigenvalue weighted by Crippen LogP contribution is 2.30. The molecule has 4 aromatic rings. The zero-order valence-corrected chi connectivity index (χ0v) is 17.4. The number of amides is 2. The summed E-state index contributed by atoms with van der Waals surface area (Å²) in [6.07, 6.45) is 1.55. The molecule has 1 aromatic carbocycles. The van der Waals surface area contributed by atoms with E-state index in [0.29, 0.717) is 47.0 Å². The van der Waals surface area contributed by atoms with Gasteiger partial charge in [0.2, 0.25) is 5.91 Å². The van der Waals surface area contributed by atoms with E-state index < -0.39 is 0 Å². The minimum absolute atomic E-state index is 0.0392. The first kappa shape index (κ1) is 20.4. The Morgan fingerprint density at radius 1 is 1.16 bits per heavy atom. The van der Waals surface area contributed by atoms with Crippen LogP contribution in [-0.4, -0.2) is 45.0 Å². The second-order valence-electron chi connectivity index (χ2n) is 6.71. The molecule has 9 nitrogen and oxygen atoms in total. The highest BCUT2D eigenvalue weighted by atomic mass is 32.1. The van der Waals surface area contributed by atoms with E-state index in [-0.39, 0.29) is 17.6 Å². The lowest BCUT2D eigenvalue weighted by molar-refractivity contribution is -0.114. The van der Waals surface area contributed by atoms with E-state index in [1.54, 1.807) is 24.4 Å². The molecule has 5 N–H and O–H groups in total. The Labute approximate surface area is 181 Å². The van der Waals surface area contributed by atoms with E-state index in [0.717, 1.165) is 4.88 Å². The van der Waals surface area contributed by atoms with Crippen molar-refractivity contribution in [3.05, 3.63) is 53.5 Å². The molecule has 2 amide bonds. The number of aromatic hydroxyl groups is 1. The summed E-state index contributed by atoms with van der Waals surface area (Å²) in [5.41, 5.74) is 1.84. The fraction of sp³-hybridized carbons (Fsp3) is 0.143. The number of thiophene rings is 1. The molecule has 0 saturated heterocycles. The molecule has 31 heavy (non-hydrogen) atoms. The largest absolute Gasteiger partial charge is 0.506 e. The Hall–Kier alpha value is -3.92. The van der Waals surface area contributed by atoms with Crippen molar-refractivity contribution in [1.82, 2.24) is 20.3 Å². The van der Waals surface area contributed by atoms with Gasteiger partial charge in [-0.15, -0.1) is 11.3 Å². The number of aromatic amines is 1. The van der Waals surface area contributed by atoms with E-state index >= 15 is 0 Å². The lowest BCUT2D eigenvalue weighted by Gasteiger charge is -2.09. The highest BCUT2D eigenvalue weighted by Gasteiger charge is 2.17. The summed E-state index contributed by atoms with van der Waals surface area (Å²) in [6.45, 7) is 2.25. The predicted molar refractivity (Wildman–Crippen MR) is 120 cm³/mol. The standard InChI is InChI=1S/C21H20N6O3S/c1-12(28)25-13-4-7-17(24-11-13)22-8-9-23-21(30)14-5-6-15(29)19-18(14)26-20(27-19)16-3-2-10-31-16/h2-7,10-11,29H,8-9H2,1H3,(H,22,24)(H,23,30)(H,25,28)(H,26,27). The molecule has 0 fully saturated rings. The van der Waals surface area contributed by atoms with Crippen LogP contribution in [0.1, 0.15) is 17.3 Å². The molecular formula is C21H20N6O3S. The molecule has 0 spiro atoms. The number of H-pyrrole nitrogens is 1. The second-order valence-corrected chi connectivity index (χ2v) is 7.66. The maximum absolute atomic E-state index is 12.7. The smallest absolute Gasteiger partial charge is 0.253 e. The summed E-state index contributed by atoms with van der Waals surface area (Å²) < 4.78 is 0. The monoisotopic (exact) mass is 436 g/mol. The lowest BCUT2D eigenvalue weighted by atomic mass is 10.1. The molecule has 10 heteroatoms.